The number of anilines is 1. The van der Waals surface area contributed by atoms with Gasteiger partial charge in [0.25, 0.3) is 0 Å². The lowest BCUT2D eigenvalue weighted by atomic mass is 10.2. The Bertz CT molecular complexity index is 566. The molecule has 0 unspecified atom stereocenters. The molecule has 1 heterocycles. The highest BCUT2D eigenvalue weighted by atomic mass is 16.5. The van der Waals surface area contributed by atoms with Crippen molar-refractivity contribution in [2.45, 2.75) is 19.8 Å². The first-order chi connectivity index (χ1) is 9.22. The molecule has 1 aromatic heterocycles. The van der Waals surface area contributed by atoms with Crippen LogP contribution in [0, 0.1) is 0 Å². The van der Waals surface area contributed by atoms with E-state index in [0.717, 1.165) is 12.0 Å². The quantitative estimate of drug-likeness (QED) is 0.894. The Morgan fingerprint density at radius 3 is 3.00 bits per heavy atom. The number of amides is 1. The Morgan fingerprint density at radius 1 is 1.42 bits per heavy atom. The van der Waals surface area contributed by atoms with Crippen LogP contribution in [0.4, 0.5) is 6.01 Å². The minimum atomic E-state index is -0.136. The van der Waals surface area contributed by atoms with Gasteiger partial charge in [-0.1, -0.05) is 18.1 Å². The normalized spacial score (nSPS) is 10.2. The van der Waals surface area contributed by atoms with Crippen molar-refractivity contribution < 1.29 is 13.9 Å². The number of methoxy groups -OCH3 is 1. The summed E-state index contributed by atoms with van der Waals surface area (Å²) in [6.45, 7) is 1.93. The molecule has 0 radical (unpaired) electrons. The lowest BCUT2D eigenvalue weighted by Crippen LogP contribution is -2.10. The number of nitrogens with zero attached hydrogens (tertiary/aromatic N) is 2. The number of hydrogen-bond acceptors (Lipinski definition) is 5. The topological polar surface area (TPSA) is 77.2 Å². The molecule has 0 atom stereocenters. The van der Waals surface area contributed by atoms with E-state index in [4.69, 9.17) is 9.15 Å². The lowest BCUT2D eigenvalue weighted by Gasteiger charge is -2.00. The van der Waals surface area contributed by atoms with Gasteiger partial charge in [-0.25, -0.2) is 0 Å². The molecule has 0 fully saturated rings. The Kier molecular flexibility index (Phi) is 4.12. The van der Waals surface area contributed by atoms with Gasteiger partial charge in [0, 0.05) is 12.0 Å². The van der Waals surface area contributed by atoms with Crippen molar-refractivity contribution in [2.24, 2.45) is 0 Å². The zero-order valence-electron chi connectivity index (χ0n) is 10.8. The van der Waals surface area contributed by atoms with Gasteiger partial charge in [-0.3, -0.25) is 10.1 Å². The van der Waals surface area contributed by atoms with Gasteiger partial charge in [-0.05, 0) is 24.6 Å². The van der Waals surface area contributed by atoms with Crippen LogP contribution >= 0.6 is 0 Å². The van der Waals surface area contributed by atoms with E-state index < -0.39 is 0 Å². The van der Waals surface area contributed by atoms with Crippen molar-refractivity contribution in [2.75, 3.05) is 12.4 Å². The molecule has 0 bridgehead atoms. The monoisotopic (exact) mass is 261 g/mol. The minimum Gasteiger partial charge on any atom is -0.497 e. The van der Waals surface area contributed by atoms with E-state index in [-0.39, 0.29) is 11.9 Å². The Morgan fingerprint density at radius 2 is 2.26 bits per heavy atom. The molecule has 6 heteroatoms. The van der Waals surface area contributed by atoms with Crippen molar-refractivity contribution in [1.29, 1.82) is 0 Å². The first-order valence-corrected chi connectivity index (χ1v) is 6.00. The molecular formula is C13H15N3O3. The van der Waals surface area contributed by atoms with Gasteiger partial charge < -0.3 is 9.15 Å². The van der Waals surface area contributed by atoms with E-state index in [1.165, 1.54) is 0 Å². The molecule has 19 heavy (non-hydrogen) atoms. The molecule has 0 spiro atoms. The average molecular weight is 261 g/mol. The molecule has 2 rings (SSSR count). The van der Waals surface area contributed by atoms with E-state index in [2.05, 4.69) is 15.5 Å². The van der Waals surface area contributed by atoms with Crippen LogP contribution in [0.1, 0.15) is 19.8 Å². The lowest BCUT2D eigenvalue weighted by molar-refractivity contribution is -0.116. The smallest absolute Gasteiger partial charge is 0.322 e. The standard InChI is InChI=1S/C13H15N3O3/c1-3-5-11(17)14-13-16-15-12(19-13)9-6-4-7-10(8-9)18-2/h4,6-8H,3,5H2,1-2H3,(H,14,16,17). The molecule has 1 amide bonds. The van der Waals surface area contributed by atoms with Crippen molar-refractivity contribution in [1.82, 2.24) is 10.2 Å². The highest BCUT2D eigenvalue weighted by Crippen LogP contribution is 2.23. The van der Waals surface area contributed by atoms with E-state index in [1.54, 1.807) is 13.2 Å². The SMILES string of the molecule is CCCC(=O)Nc1nnc(-c2cccc(OC)c2)o1. The van der Waals surface area contributed by atoms with Crippen LogP contribution in [0.3, 0.4) is 0 Å². The highest BCUT2D eigenvalue weighted by molar-refractivity contribution is 5.88. The van der Waals surface area contributed by atoms with E-state index >= 15 is 0 Å². The maximum absolute atomic E-state index is 11.4. The van der Waals surface area contributed by atoms with Crippen LogP contribution < -0.4 is 10.1 Å². The third-order valence-corrected chi connectivity index (χ3v) is 2.47. The molecule has 2 aromatic rings. The number of carbonyl (C=O) groups is 1. The highest BCUT2D eigenvalue weighted by Gasteiger charge is 2.11. The summed E-state index contributed by atoms with van der Waals surface area (Å²) >= 11 is 0. The van der Waals surface area contributed by atoms with Gasteiger partial charge in [0.2, 0.25) is 11.8 Å². The van der Waals surface area contributed by atoms with Crippen LogP contribution in [0.5, 0.6) is 5.75 Å². The van der Waals surface area contributed by atoms with E-state index in [1.807, 2.05) is 25.1 Å². The van der Waals surface area contributed by atoms with Crippen LogP contribution in [0.15, 0.2) is 28.7 Å². The molecule has 0 saturated heterocycles. The fourth-order valence-corrected chi connectivity index (χ4v) is 1.56. The van der Waals surface area contributed by atoms with Gasteiger partial charge in [-0.2, -0.15) is 0 Å². The van der Waals surface area contributed by atoms with Crippen LogP contribution in [0.2, 0.25) is 0 Å². The molecule has 6 nitrogen and oxygen atoms in total. The Balaban J connectivity index is 2.13. The Labute approximate surface area is 110 Å². The molecule has 0 aliphatic rings. The van der Waals surface area contributed by atoms with Crippen molar-refractivity contribution >= 4 is 11.9 Å². The second-order valence-corrected chi connectivity index (χ2v) is 3.94. The number of rotatable bonds is 5. The Hall–Kier alpha value is -2.37. The number of aromatic nitrogens is 2. The first-order valence-electron chi connectivity index (χ1n) is 6.00. The molecule has 100 valence electrons. The fraction of sp³-hybridized carbons (Fsp3) is 0.308. The molecule has 1 aromatic carbocycles. The number of nitrogens with one attached hydrogen (secondary N) is 1. The van der Waals surface area contributed by atoms with Crippen LogP contribution in [-0.2, 0) is 4.79 Å². The second kappa shape index (κ2) is 5.99. The first kappa shape index (κ1) is 13.1. The zero-order valence-corrected chi connectivity index (χ0v) is 10.8. The minimum absolute atomic E-state index is 0.108. The van der Waals surface area contributed by atoms with Gasteiger partial charge in [-0.15, -0.1) is 5.10 Å². The predicted molar refractivity (Wildman–Crippen MR) is 69.8 cm³/mol. The number of ether oxygens (including phenoxy) is 1. The van der Waals surface area contributed by atoms with Gasteiger partial charge in [0.05, 0.1) is 7.11 Å². The maximum Gasteiger partial charge on any atom is 0.322 e. The predicted octanol–water partition coefficient (Wildman–Crippen LogP) is 2.48. The average Bonchev–Trinajstić information content (AvgIpc) is 2.87. The van der Waals surface area contributed by atoms with Crippen molar-refractivity contribution in [3.8, 4) is 17.2 Å². The summed E-state index contributed by atoms with van der Waals surface area (Å²) in [7, 11) is 1.59. The summed E-state index contributed by atoms with van der Waals surface area (Å²) in [6.07, 6.45) is 1.19. The van der Waals surface area contributed by atoms with Crippen LogP contribution in [-0.4, -0.2) is 23.2 Å². The molecule has 1 N–H and O–H groups in total. The van der Waals surface area contributed by atoms with Gasteiger partial charge >= 0.3 is 6.01 Å². The molecule has 0 aliphatic carbocycles. The molecule has 0 aliphatic heterocycles. The summed E-state index contributed by atoms with van der Waals surface area (Å²) in [5.41, 5.74) is 0.739. The van der Waals surface area contributed by atoms with E-state index in [0.29, 0.717) is 18.1 Å². The summed E-state index contributed by atoms with van der Waals surface area (Å²) in [5, 5.41) is 10.2. The van der Waals surface area contributed by atoms with Gasteiger partial charge in [0.15, 0.2) is 0 Å². The summed E-state index contributed by atoms with van der Waals surface area (Å²) in [4.78, 5) is 11.4. The zero-order chi connectivity index (χ0) is 13.7. The summed E-state index contributed by atoms with van der Waals surface area (Å²) in [6, 6.07) is 7.37. The largest absolute Gasteiger partial charge is 0.497 e. The second-order valence-electron chi connectivity index (χ2n) is 3.94. The third-order valence-electron chi connectivity index (χ3n) is 2.47. The van der Waals surface area contributed by atoms with Gasteiger partial charge in [0.1, 0.15) is 5.75 Å². The van der Waals surface area contributed by atoms with Crippen LogP contribution in [0.25, 0.3) is 11.5 Å². The van der Waals surface area contributed by atoms with Crippen molar-refractivity contribution in [3.63, 3.8) is 0 Å². The van der Waals surface area contributed by atoms with E-state index in [9.17, 15) is 4.79 Å². The maximum atomic E-state index is 11.4. The molecule has 0 saturated carbocycles. The number of benzene rings is 1. The number of hydrogen-bond donors (Lipinski definition) is 1. The summed E-state index contributed by atoms with van der Waals surface area (Å²) < 4.78 is 10.5. The fourth-order valence-electron chi connectivity index (χ4n) is 1.56. The summed E-state index contributed by atoms with van der Waals surface area (Å²) in [5.74, 6) is 0.904. The van der Waals surface area contributed by atoms with Crippen molar-refractivity contribution in [3.05, 3.63) is 24.3 Å². The molecular weight excluding hydrogens is 246 g/mol. The number of carbonyl (C=O) groups excluding carboxylic acids is 1. The third kappa shape index (κ3) is 3.31.